The molecule has 5 nitrogen and oxygen atoms in total. The van der Waals surface area contributed by atoms with Gasteiger partial charge in [-0.2, -0.15) is 0 Å². The van der Waals surface area contributed by atoms with Crippen molar-refractivity contribution >= 4 is 36.3 Å². The van der Waals surface area contributed by atoms with Crippen molar-refractivity contribution in [2.24, 2.45) is 0 Å². The van der Waals surface area contributed by atoms with Crippen LogP contribution in [0.4, 0.5) is 0 Å². The van der Waals surface area contributed by atoms with E-state index in [-0.39, 0.29) is 0 Å². The van der Waals surface area contributed by atoms with E-state index in [0.29, 0.717) is 31.3 Å². The van der Waals surface area contributed by atoms with Crippen LogP contribution in [0.3, 0.4) is 0 Å². The third-order valence-corrected chi connectivity index (χ3v) is 1.36. The minimum absolute atomic E-state index is 0.417. The van der Waals surface area contributed by atoms with E-state index < -0.39 is 0 Å². The van der Waals surface area contributed by atoms with Crippen LogP contribution in [-0.4, -0.2) is 51.6 Å². The summed E-state index contributed by atoms with van der Waals surface area (Å²) >= 11 is 10.5. The molecule has 0 saturated carbocycles. The van der Waals surface area contributed by atoms with Gasteiger partial charge in [0.2, 0.25) is 0 Å². The molecule has 0 bridgehead atoms. The van der Waals surface area contributed by atoms with Gasteiger partial charge in [0.15, 0.2) is 0 Å². The number of rotatable bonds is 8. The molecule has 0 aromatic carbocycles. The smallest absolute Gasteiger partial charge is 0.122 e. The second-order valence-corrected chi connectivity index (χ2v) is 2.94. The predicted octanol–water partition coefficient (Wildman–Crippen LogP) is 1.62. The van der Waals surface area contributed by atoms with Crippen molar-refractivity contribution in [1.82, 2.24) is 10.8 Å². The van der Waals surface area contributed by atoms with Crippen molar-refractivity contribution < 1.29 is 14.4 Å². The largest absolute Gasteiger partial charge is 0.319 e. The summed E-state index contributed by atoms with van der Waals surface area (Å²) in [5.41, 5.74) is 2.58. The van der Waals surface area contributed by atoms with Gasteiger partial charge in [0, 0.05) is 31.3 Å². The molecule has 0 saturated heterocycles. The molecule has 0 heterocycles. The van der Waals surface area contributed by atoms with Gasteiger partial charge >= 0.3 is 0 Å². The van der Waals surface area contributed by atoms with Crippen molar-refractivity contribution in [1.29, 1.82) is 0 Å². The average molecular weight is 305 g/mol. The highest BCUT2D eigenvalue weighted by atomic mass is 35.5. The molecule has 0 spiro atoms. The molecule has 0 aromatic heterocycles. The summed E-state index contributed by atoms with van der Waals surface area (Å²) in [7, 11) is 1.88. The first-order chi connectivity index (χ1) is 8.83. The number of nitrogens with one attached hydrogen (secondary N) is 2. The van der Waals surface area contributed by atoms with Crippen molar-refractivity contribution in [3.8, 4) is 0 Å². The zero-order valence-corrected chi connectivity index (χ0v) is 13.0. The van der Waals surface area contributed by atoms with Crippen LogP contribution < -0.4 is 10.8 Å². The van der Waals surface area contributed by atoms with Gasteiger partial charge in [-0.15, -0.1) is 23.2 Å². The van der Waals surface area contributed by atoms with Crippen LogP contribution in [0, 0.1) is 0 Å². The van der Waals surface area contributed by atoms with Crippen molar-refractivity contribution in [2.45, 2.75) is 20.3 Å². The normalized spacial score (nSPS) is 7.61. The van der Waals surface area contributed by atoms with Crippen LogP contribution in [0.2, 0.25) is 0 Å². The zero-order chi connectivity index (χ0) is 15.1. The summed E-state index contributed by atoms with van der Waals surface area (Å²) in [6, 6.07) is 0. The lowest BCUT2D eigenvalue weighted by molar-refractivity contribution is -0.109. The molecule has 0 aromatic rings. The van der Waals surface area contributed by atoms with Crippen LogP contribution in [0.15, 0.2) is 0 Å². The molecule has 0 radical (unpaired) electrons. The fourth-order valence-corrected chi connectivity index (χ4v) is 0.651. The number of halogens is 2. The first kappa shape index (κ1) is 26.4. The first-order valence-electron chi connectivity index (χ1n) is 5.67. The Kier molecular flexibility index (Phi) is 64.0. The van der Waals surface area contributed by atoms with Crippen LogP contribution >= 0.6 is 23.2 Å². The SMILES string of the molecule is C=O.CC.CNCCCl.O=CCCONCCCl. The highest BCUT2D eigenvalue weighted by Crippen LogP contribution is 1.74. The summed E-state index contributed by atoms with van der Waals surface area (Å²) < 4.78 is 0. The molecule has 0 aliphatic heterocycles. The number of hydrogen-bond acceptors (Lipinski definition) is 5. The maximum atomic E-state index is 9.70. The summed E-state index contributed by atoms with van der Waals surface area (Å²) in [5.74, 6) is 1.22. The minimum atomic E-state index is 0.417. The van der Waals surface area contributed by atoms with Gasteiger partial charge in [0.05, 0.1) is 6.61 Å². The molecule has 0 atom stereocenters. The highest BCUT2D eigenvalue weighted by Gasteiger charge is 1.83. The first-order valence-corrected chi connectivity index (χ1v) is 6.74. The number of aldehydes is 1. The predicted molar refractivity (Wildman–Crippen MR) is 78.5 cm³/mol. The molecule has 0 fully saturated rings. The van der Waals surface area contributed by atoms with Crippen LogP contribution in [0.25, 0.3) is 0 Å². The van der Waals surface area contributed by atoms with E-state index in [0.717, 1.165) is 12.8 Å². The van der Waals surface area contributed by atoms with E-state index in [1.54, 1.807) is 0 Å². The number of carbonyl (C=O) groups is 2. The van der Waals surface area contributed by atoms with Gasteiger partial charge in [-0.1, -0.05) is 13.8 Å². The molecule has 0 amide bonds. The molecule has 0 unspecified atom stereocenters. The zero-order valence-electron chi connectivity index (χ0n) is 11.5. The van der Waals surface area contributed by atoms with Gasteiger partial charge < -0.3 is 19.7 Å². The van der Waals surface area contributed by atoms with Gasteiger partial charge in [-0.3, -0.25) is 0 Å². The van der Waals surface area contributed by atoms with Gasteiger partial charge in [0.1, 0.15) is 13.1 Å². The Bertz CT molecular complexity index is 120. The van der Waals surface area contributed by atoms with Gasteiger partial charge in [-0.25, -0.2) is 5.48 Å². The summed E-state index contributed by atoms with van der Waals surface area (Å²) in [6.45, 7) is 7.93. The molecule has 0 aliphatic carbocycles. The van der Waals surface area contributed by atoms with Crippen molar-refractivity contribution in [3.63, 3.8) is 0 Å². The Morgan fingerprint density at radius 2 is 1.67 bits per heavy atom. The molecule has 7 heteroatoms. The van der Waals surface area contributed by atoms with E-state index >= 15 is 0 Å². The highest BCUT2D eigenvalue weighted by molar-refractivity contribution is 6.18. The molecule has 0 rings (SSSR count). The maximum absolute atomic E-state index is 9.70. The number of hydroxylamine groups is 1. The molecule has 112 valence electrons. The lowest BCUT2D eigenvalue weighted by Gasteiger charge is -1.99. The fourth-order valence-electron chi connectivity index (χ4n) is 0.384. The monoisotopic (exact) mass is 304 g/mol. The lowest BCUT2D eigenvalue weighted by Crippen LogP contribution is -2.17. The molecular formula is C11H26Cl2N2O3. The van der Waals surface area contributed by atoms with E-state index in [2.05, 4.69) is 10.8 Å². The topological polar surface area (TPSA) is 67.4 Å². The number of alkyl halides is 2. The molecule has 2 N–H and O–H groups in total. The third kappa shape index (κ3) is 56.9. The van der Waals surface area contributed by atoms with Crippen LogP contribution in [0.5, 0.6) is 0 Å². The second-order valence-electron chi connectivity index (χ2n) is 2.18. The van der Waals surface area contributed by atoms with Gasteiger partial charge in [-0.05, 0) is 7.05 Å². The standard InChI is InChI=1S/C5H10ClNO2.C3H8ClN.C2H6.CH2O/c6-2-3-7-9-5-1-4-8;1-5-3-2-4;2*1-2/h4,7H,1-3,5H2;5H,2-3H2,1H3;1-2H3;1H2. The van der Waals surface area contributed by atoms with Crippen LogP contribution in [-0.2, 0) is 14.4 Å². The van der Waals surface area contributed by atoms with Crippen LogP contribution in [0.1, 0.15) is 20.3 Å². The van der Waals surface area contributed by atoms with E-state index in [4.69, 9.17) is 32.8 Å². The average Bonchev–Trinajstić information content (AvgIpc) is 2.45. The molecule has 18 heavy (non-hydrogen) atoms. The molecular weight excluding hydrogens is 279 g/mol. The summed E-state index contributed by atoms with van der Waals surface area (Å²) in [4.78, 5) is 22.5. The number of hydrogen-bond donors (Lipinski definition) is 2. The Morgan fingerprint density at radius 1 is 1.17 bits per heavy atom. The summed E-state index contributed by atoms with van der Waals surface area (Å²) in [5, 5.41) is 2.89. The van der Waals surface area contributed by atoms with E-state index in [1.807, 2.05) is 27.7 Å². The lowest BCUT2D eigenvalue weighted by atomic mass is 10.5. The minimum Gasteiger partial charge on any atom is -0.319 e. The summed E-state index contributed by atoms with van der Waals surface area (Å²) in [6.07, 6.45) is 1.23. The van der Waals surface area contributed by atoms with Crippen molar-refractivity contribution in [2.75, 3.05) is 38.5 Å². The third-order valence-electron chi connectivity index (χ3n) is 0.981. The van der Waals surface area contributed by atoms with E-state index in [1.165, 1.54) is 0 Å². The fraction of sp³-hybridized carbons (Fsp3) is 0.818. The Morgan fingerprint density at radius 3 is 1.94 bits per heavy atom. The Labute approximate surface area is 121 Å². The van der Waals surface area contributed by atoms with E-state index in [9.17, 15) is 4.79 Å². The van der Waals surface area contributed by atoms with Gasteiger partial charge in [0.25, 0.3) is 0 Å². The molecule has 0 aliphatic rings. The maximum Gasteiger partial charge on any atom is 0.122 e. The Hall–Kier alpha value is -0.200. The quantitative estimate of drug-likeness (QED) is 0.309. The van der Waals surface area contributed by atoms with Crippen molar-refractivity contribution in [3.05, 3.63) is 0 Å². The number of carbonyl (C=O) groups excluding carboxylic acids is 2. The second kappa shape index (κ2) is 43.7. The Balaban J connectivity index is -0.0000000925.